The van der Waals surface area contributed by atoms with Crippen LogP contribution in [0.4, 0.5) is 0 Å². The van der Waals surface area contributed by atoms with Crippen LogP contribution in [0.2, 0.25) is 0 Å². The van der Waals surface area contributed by atoms with E-state index in [4.69, 9.17) is 20.4 Å². The molecule has 0 radical (unpaired) electrons. The van der Waals surface area contributed by atoms with Gasteiger partial charge in [-0.15, -0.1) is 0 Å². The molecular formula is C6H12Na2O10. The molecule has 0 aliphatic heterocycles. The van der Waals surface area contributed by atoms with Crippen LogP contribution < -0.4 is 69.3 Å². The van der Waals surface area contributed by atoms with Crippen LogP contribution in [0.5, 0.6) is 0 Å². The zero-order valence-electron chi connectivity index (χ0n) is 9.73. The third-order valence-corrected chi connectivity index (χ3v) is 1.48. The zero-order valence-corrected chi connectivity index (χ0v) is 13.7. The number of carbonyl (C=O) groups excluding carboxylic acids is 2. The van der Waals surface area contributed by atoms with Crippen LogP contribution in [0.15, 0.2) is 0 Å². The van der Waals surface area contributed by atoms with Crippen molar-refractivity contribution in [3.8, 4) is 0 Å². The molecule has 8 N–H and O–H groups in total. The van der Waals surface area contributed by atoms with Gasteiger partial charge in [-0.1, -0.05) is 0 Å². The minimum absolute atomic E-state index is 0. The van der Waals surface area contributed by atoms with E-state index in [1.54, 1.807) is 0 Å². The summed E-state index contributed by atoms with van der Waals surface area (Å²) in [5.41, 5.74) is 0. The Morgan fingerprint density at radius 3 is 1.00 bits per heavy atom. The van der Waals surface area contributed by atoms with E-state index >= 15 is 0 Å². The van der Waals surface area contributed by atoms with Crippen LogP contribution in [0, 0.1) is 0 Å². The summed E-state index contributed by atoms with van der Waals surface area (Å²) in [5, 5.41) is 54.7. The molecule has 0 bridgehead atoms. The zero-order chi connectivity index (χ0) is 11.5. The van der Waals surface area contributed by atoms with Crippen molar-refractivity contribution in [1.82, 2.24) is 0 Å². The van der Waals surface area contributed by atoms with Crippen LogP contribution in [0.1, 0.15) is 0 Å². The van der Waals surface area contributed by atoms with Crippen LogP contribution in [0.3, 0.4) is 0 Å². The summed E-state index contributed by atoms with van der Waals surface area (Å²) in [6, 6.07) is 0. The Labute approximate surface area is 145 Å². The first-order valence-electron chi connectivity index (χ1n) is 3.43. The number of carboxylic acid groups (broad SMARTS) is 2. The fourth-order valence-corrected chi connectivity index (χ4v) is 0.652. The predicted octanol–water partition coefficient (Wildman–Crippen LogP) is -13.7. The normalized spacial score (nSPS) is 15.1. The van der Waals surface area contributed by atoms with Crippen molar-refractivity contribution in [3.63, 3.8) is 0 Å². The van der Waals surface area contributed by atoms with E-state index in [9.17, 15) is 19.8 Å². The first kappa shape index (κ1) is 31.2. The third kappa shape index (κ3) is 9.61. The molecule has 0 aromatic heterocycles. The van der Waals surface area contributed by atoms with Gasteiger partial charge in [0.05, 0.1) is 11.9 Å². The molecule has 0 spiro atoms. The molecule has 4 unspecified atom stereocenters. The molecule has 18 heavy (non-hydrogen) atoms. The summed E-state index contributed by atoms with van der Waals surface area (Å²) in [4.78, 5) is 19.9. The molecule has 0 amide bonds. The van der Waals surface area contributed by atoms with Gasteiger partial charge in [0, 0.05) is 0 Å². The van der Waals surface area contributed by atoms with Gasteiger partial charge in [-0.05, 0) is 0 Å². The Balaban J connectivity index is -0.000000141. The number of hydrogen-bond acceptors (Lipinski definition) is 8. The van der Waals surface area contributed by atoms with Gasteiger partial charge >= 0.3 is 59.1 Å². The minimum atomic E-state index is -2.50. The van der Waals surface area contributed by atoms with Crippen LogP contribution in [-0.2, 0) is 9.59 Å². The average Bonchev–Trinajstić information content (AvgIpc) is 2.12. The first-order chi connectivity index (χ1) is 6.29. The average molecular weight is 290 g/mol. The largest absolute Gasteiger partial charge is 1.00 e. The molecule has 0 aliphatic rings. The summed E-state index contributed by atoms with van der Waals surface area (Å²) >= 11 is 0. The molecule has 0 saturated heterocycles. The van der Waals surface area contributed by atoms with E-state index in [2.05, 4.69) is 0 Å². The summed E-state index contributed by atoms with van der Waals surface area (Å²) in [6.07, 6.45) is -9.76. The van der Waals surface area contributed by atoms with E-state index in [1.165, 1.54) is 0 Å². The van der Waals surface area contributed by atoms with Crippen molar-refractivity contribution in [2.45, 2.75) is 24.4 Å². The summed E-state index contributed by atoms with van der Waals surface area (Å²) < 4.78 is 0. The Morgan fingerprint density at radius 1 is 0.722 bits per heavy atom. The number of aliphatic hydroxyl groups excluding tert-OH is 4. The van der Waals surface area contributed by atoms with Gasteiger partial charge in [0.15, 0.2) is 0 Å². The molecule has 12 heteroatoms. The number of aliphatic carboxylic acids is 2. The monoisotopic (exact) mass is 290 g/mol. The number of aliphatic hydroxyl groups is 4. The first-order valence-corrected chi connectivity index (χ1v) is 3.43. The second kappa shape index (κ2) is 14.1. The molecule has 0 heterocycles. The molecule has 0 saturated carbocycles. The number of carbonyl (C=O) groups is 2. The fraction of sp³-hybridized carbons (Fsp3) is 0.667. The van der Waals surface area contributed by atoms with Gasteiger partial charge in [0.25, 0.3) is 0 Å². The van der Waals surface area contributed by atoms with Gasteiger partial charge < -0.3 is 51.2 Å². The van der Waals surface area contributed by atoms with Crippen LogP contribution in [0.25, 0.3) is 0 Å². The Kier molecular flexibility index (Phi) is 24.5. The van der Waals surface area contributed by atoms with Crippen LogP contribution in [-0.4, -0.2) is 67.7 Å². The van der Waals surface area contributed by atoms with E-state index in [1.807, 2.05) is 0 Å². The second-order valence-electron chi connectivity index (χ2n) is 2.51. The summed E-state index contributed by atoms with van der Waals surface area (Å²) in [7, 11) is 0. The fourth-order valence-electron chi connectivity index (χ4n) is 0.652. The smallest absolute Gasteiger partial charge is 0.547 e. The molecule has 0 fully saturated rings. The molecule has 0 aliphatic carbocycles. The summed E-state index contributed by atoms with van der Waals surface area (Å²) in [5.74, 6) is -4.22. The molecule has 0 aromatic carbocycles. The standard InChI is InChI=1S/C6H10O8.2Na.2H2O/c7-1(3(9)5(11)12)2(8)4(10)6(13)14;;;;/h1-4,7-10H,(H,11,12)(H,13,14);;;2*1H2/q;2*+1;;/p-2. The maximum atomic E-state index is 9.96. The molecule has 4 atom stereocenters. The molecule has 98 valence electrons. The molecular weight excluding hydrogens is 278 g/mol. The second-order valence-corrected chi connectivity index (χ2v) is 2.51. The SMILES string of the molecule is O.O.O=C([O-])C(O)C(O)C(O)C(O)C(=O)[O-].[Na+].[Na+]. The number of carboxylic acids is 2. The van der Waals surface area contributed by atoms with Gasteiger partial charge in [-0.25, -0.2) is 0 Å². The van der Waals surface area contributed by atoms with Crippen LogP contribution >= 0.6 is 0 Å². The molecule has 10 nitrogen and oxygen atoms in total. The van der Waals surface area contributed by atoms with Crippen molar-refractivity contribution in [3.05, 3.63) is 0 Å². The van der Waals surface area contributed by atoms with Crippen molar-refractivity contribution in [2.75, 3.05) is 0 Å². The Morgan fingerprint density at radius 2 is 0.889 bits per heavy atom. The molecule has 0 rings (SSSR count). The maximum absolute atomic E-state index is 9.96. The van der Waals surface area contributed by atoms with E-state index in [0.29, 0.717) is 0 Å². The van der Waals surface area contributed by atoms with Gasteiger partial charge in [-0.3, -0.25) is 0 Å². The summed E-state index contributed by atoms with van der Waals surface area (Å²) in [6.45, 7) is 0. The van der Waals surface area contributed by atoms with Crippen molar-refractivity contribution in [1.29, 1.82) is 0 Å². The number of hydrogen-bond donors (Lipinski definition) is 4. The van der Waals surface area contributed by atoms with E-state index < -0.39 is 36.4 Å². The van der Waals surface area contributed by atoms with E-state index in [-0.39, 0.29) is 70.1 Å². The predicted molar refractivity (Wildman–Crippen MR) is 41.3 cm³/mol. The van der Waals surface area contributed by atoms with Gasteiger partial charge in [-0.2, -0.15) is 0 Å². The Hall–Kier alpha value is 0.700. The van der Waals surface area contributed by atoms with Crippen molar-refractivity contribution < 1.29 is 110 Å². The van der Waals surface area contributed by atoms with E-state index in [0.717, 1.165) is 0 Å². The number of rotatable bonds is 5. The van der Waals surface area contributed by atoms with Gasteiger partial charge in [0.1, 0.15) is 24.4 Å². The van der Waals surface area contributed by atoms with Gasteiger partial charge in [0.2, 0.25) is 0 Å². The third-order valence-electron chi connectivity index (χ3n) is 1.48. The minimum Gasteiger partial charge on any atom is -0.547 e. The molecule has 0 aromatic rings. The quantitative estimate of drug-likeness (QED) is 0.354. The van der Waals surface area contributed by atoms with Crippen molar-refractivity contribution >= 4 is 11.9 Å². The Bertz CT molecular complexity index is 212. The van der Waals surface area contributed by atoms with Crippen molar-refractivity contribution in [2.24, 2.45) is 0 Å². The maximum Gasteiger partial charge on any atom is 1.00 e. The topological polar surface area (TPSA) is 224 Å².